The molecule has 0 saturated heterocycles. The third kappa shape index (κ3) is 3.43. The summed E-state index contributed by atoms with van der Waals surface area (Å²) in [7, 11) is -4.38. The molecule has 102 valence electrons. The molecule has 1 rings (SSSR count). The van der Waals surface area contributed by atoms with Crippen molar-refractivity contribution in [3.63, 3.8) is 0 Å². The summed E-state index contributed by atoms with van der Waals surface area (Å²) in [6, 6.07) is 2.07. The average Bonchev–Trinajstić information content (AvgIpc) is 2.28. The van der Waals surface area contributed by atoms with Gasteiger partial charge in [0.1, 0.15) is 10.7 Å². The molecule has 0 aliphatic heterocycles. The average molecular weight is 291 g/mol. The molecule has 1 N–H and O–H groups in total. The number of nitriles is 1. The summed E-state index contributed by atoms with van der Waals surface area (Å²) < 4.78 is 51.5. The Labute approximate surface area is 106 Å². The number of rotatable bonds is 5. The van der Waals surface area contributed by atoms with Crippen molar-refractivity contribution in [3.8, 4) is 6.07 Å². The highest BCUT2D eigenvalue weighted by atomic mass is 32.2. The number of nitrogens with one attached hydrogen (secondary N) is 1. The first kappa shape index (κ1) is 14.9. The highest BCUT2D eigenvalue weighted by Gasteiger charge is 2.25. The summed E-state index contributed by atoms with van der Waals surface area (Å²) in [5, 5.41) is 18.7. The van der Waals surface area contributed by atoms with E-state index >= 15 is 0 Å². The third-order valence-corrected chi connectivity index (χ3v) is 3.49. The van der Waals surface area contributed by atoms with E-state index in [1.54, 1.807) is 6.07 Å². The van der Waals surface area contributed by atoms with E-state index in [1.807, 2.05) is 4.72 Å². The highest BCUT2D eigenvalue weighted by Crippen LogP contribution is 2.24. The summed E-state index contributed by atoms with van der Waals surface area (Å²) in [6.07, 6.45) is -0.163. The maximum absolute atomic E-state index is 13.4. The molecule has 0 fully saturated rings. The minimum atomic E-state index is -4.38. The van der Waals surface area contributed by atoms with Crippen LogP contribution < -0.4 is 4.72 Å². The van der Waals surface area contributed by atoms with Gasteiger partial charge in [0.05, 0.1) is 11.0 Å². The first-order chi connectivity index (χ1) is 8.79. The number of halogens is 2. The van der Waals surface area contributed by atoms with Crippen molar-refractivity contribution in [3.05, 3.63) is 33.9 Å². The minimum Gasteiger partial charge on any atom is -0.258 e. The van der Waals surface area contributed by atoms with Crippen LogP contribution in [0.15, 0.2) is 17.0 Å². The van der Waals surface area contributed by atoms with Crippen LogP contribution in [0.3, 0.4) is 0 Å². The largest absolute Gasteiger partial charge is 0.306 e. The van der Waals surface area contributed by atoms with Crippen molar-refractivity contribution in [2.24, 2.45) is 0 Å². The van der Waals surface area contributed by atoms with Gasteiger partial charge >= 0.3 is 5.69 Å². The monoisotopic (exact) mass is 291 g/mol. The summed E-state index contributed by atoms with van der Waals surface area (Å²) in [4.78, 5) is 8.25. The van der Waals surface area contributed by atoms with Crippen LogP contribution in [0.25, 0.3) is 0 Å². The van der Waals surface area contributed by atoms with Gasteiger partial charge < -0.3 is 0 Å². The SMILES string of the molecule is N#CCCNS(=O)(=O)c1cc([N+](=O)[O-])c(F)cc1F. The molecule has 10 heteroatoms. The van der Waals surface area contributed by atoms with Crippen molar-refractivity contribution >= 4 is 15.7 Å². The summed E-state index contributed by atoms with van der Waals surface area (Å²) in [6.45, 7) is -0.288. The summed E-state index contributed by atoms with van der Waals surface area (Å²) in [5.41, 5.74) is -1.15. The van der Waals surface area contributed by atoms with Crippen LogP contribution in [0.5, 0.6) is 0 Å². The van der Waals surface area contributed by atoms with Crippen molar-refractivity contribution in [1.29, 1.82) is 5.26 Å². The molecule has 0 aliphatic rings. The number of sulfonamides is 1. The second-order valence-electron chi connectivity index (χ2n) is 3.30. The lowest BCUT2D eigenvalue weighted by molar-refractivity contribution is -0.387. The second kappa shape index (κ2) is 5.68. The van der Waals surface area contributed by atoms with Gasteiger partial charge in [0, 0.05) is 25.1 Å². The lowest BCUT2D eigenvalue weighted by Gasteiger charge is -2.06. The molecule has 0 heterocycles. The van der Waals surface area contributed by atoms with Crippen molar-refractivity contribution in [2.45, 2.75) is 11.3 Å². The Bertz CT molecular complexity index is 654. The van der Waals surface area contributed by atoms with Crippen LogP contribution in [0.4, 0.5) is 14.5 Å². The van der Waals surface area contributed by atoms with Crippen LogP contribution in [0.2, 0.25) is 0 Å². The maximum atomic E-state index is 13.4. The first-order valence-electron chi connectivity index (χ1n) is 4.79. The number of hydrogen-bond donors (Lipinski definition) is 1. The van der Waals surface area contributed by atoms with Crippen LogP contribution in [-0.2, 0) is 10.0 Å². The number of nitro benzene ring substituents is 1. The summed E-state index contributed by atoms with van der Waals surface area (Å²) in [5.74, 6) is -2.92. The van der Waals surface area contributed by atoms with Gasteiger partial charge in [-0.3, -0.25) is 10.1 Å². The molecule has 0 spiro atoms. The lowest BCUT2D eigenvalue weighted by Crippen LogP contribution is -2.25. The van der Waals surface area contributed by atoms with E-state index in [0.29, 0.717) is 6.07 Å². The molecule has 0 amide bonds. The Kier molecular flexibility index (Phi) is 4.47. The van der Waals surface area contributed by atoms with Gasteiger partial charge in [0.15, 0.2) is 0 Å². The number of benzene rings is 1. The third-order valence-electron chi connectivity index (χ3n) is 2.02. The Morgan fingerprint density at radius 1 is 1.37 bits per heavy atom. The van der Waals surface area contributed by atoms with Crippen LogP contribution in [0.1, 0.15) is 6.42 Å². The molecule has 7 nitrogen and oxygen atoms in total. The van der Waals surface area contributed by atoms with E-state index in [4.69, 9.17) is 5.26 Å². The Hall–Kier alpha value is -2.12. The first-order valence-corrected chi connectivity index (χ1v) is 6.28. The lowest BCUT2D eigenvalue weighted by atomic mass is 10.3. The maximum Gasteiger partial charge on any atom is 0.306 e. The van der Waals surface area contributed by atoms with E-state index in [1.165, 1.54) is 0 Å². The molecule has 1 aromatic rings. The molecular formula is C9H7F2N3O4S. The quantitative estimate of drug-likeness (QED) is 0.495. The Balaban J connectivity index is 3.24. The van der Waals surface area contributed by atoms with Gasteiger partial charge in [-0.2, -0.15) is 9.65 Å². The van der Waals surface area contributed by atoms with Gasteiger partial charge in [0.2, 0.25) is 15.8 Å². The zero-order chi connectivity index (χ0) is 14.6. The molecule has 0 atom stereocenters. The van der Waals surface area contributed by atoms with Crippen molar-refractivity contribution in [1.82, 2.24) is 4.72 Å². The summed E-state index contributed by atoms with van der Waals surface area (Å²) >= 11 is 0. The molecule has 0 aromatic heterocycles. The van der Waals surface area contributed by atoms with Gasteiger partial charge in [-0.15, -0.1) is 0 Å². The fourth-order valence-electron chi connectivity index (χ4n) is 1.18. The standard InChI is InChI=1S/C9H7F2N3O4S/c10-6-4-7(11)9(5-8(6)14(15)16)19(17,18)13-3-1-2-12/h4-5,13H,1,3H2. The van der Waals surface area contributed by atoms with E-state index in [2.05, 4.69) is 0 Å². The van der Waals surface area contributed by atoms with Gasteiger partial charge in [-0.1, -0.05) is 0 Å². The zero-order valence-corrected chi connectivity index (χ0v) is 10.1. The van der Waals surface area contributed by atoms with Gasteiger partial charge in [-0.05, 0) is 0 Å². The topological polar surface area (TPSA) is 113 Å². The van der Waals surface area contributed by atoms with Gasteiger partial charge in [-0.25, -0.2) is 17.5 Å². The van der Waals surface area contributed by atoms with E-state index in [9.17, 15) is 27.3 Å². The Morgan fingerprint density at radius 3 is 2.53 bits per heavy atom. The Morgan fingerprint density at radius 2 is 2.00 bits per heavy atom. The predicted molar refractivity (Wildman–Crippen MR) is 58.4 cm³/mol. The second-order valence-corrected chi connectivity index (χ2v) is 5.03. The van der Waals surface area contributed by atoms with E-state index in [0.717, 1.165) is 0 Å². The van der Waals surface area contributed by atoms with Crippen LogP contribution in [-0.4, -0.2) is 19.9 Å². The number of nitrogens with zero attached hydrogens (tertiary/aromatic N) is 2. The number of hydrogen-bond acceptors (Lipinski definition) is 5. The molecule has 19 heavy (non-hydrogen) atoms. The molecular weight excluding hydrogens is 284 g/mol. The minimum absolute atomic E-state index is 0.122. The molecule has 0 radical (unpaired) electrons. The van der Waals surface area contributed by atoms with E-state index in [-0.39, 0.29) is 19.0 Å². The highest BCUT2D eigenvalue weighted by molar-refractivity contribution is 7.89. The molecule has 0 bridgehead atoms. The predicted octanol–water partition coefficient (Wildman–Crippen LogP) is 1.06. The zero-order valence-electron chi connectivity index (χ0n) is 9.26. The number of nitro groups is 1. The fraction of sp³-hybridized carbons (Fsp3) is 0.222. The fourth-order valence-corrected chi connectivity index (χ4v) is 2.29. The molecule has 0 saturated carbocycles. The van der Waals surface area contributed by atoms with Crippen LogP contribution in [0, 0.1) is 33.1 Å². The molecule has 1 aromatic carbocycles. The van der Waals surface area contributed by atoms with Gasteiger partial charge in [0.25, 0.3) is 0 Å². The van der Waals surface area contributed by atoms with Crippen molar-refractivity contribution in [2.75, 3.05) is 6.54 Å². The van der Waals surface area contributed by atoms with Crippen LogP contribution >= 0.6 is 0 Å². The molecule has 0 unspecified atom stereocenters. The van der Waals surface area contributed by atoms with Crippen molar-refractivity contribution < 1.29 is 22.1 Å². The normalized spacial score (nSPS) is 11.0. The van der Waals surface area contributed by atoms with E-state index < -0.39 is 37.2 Å². The molecule has 0 aliphatic carbocycles. The smallest absolute Gasteiger partial charge is 0.258 e.